The lowest BCUT2D eigenvalue weighted by Gasteiger charge is -2.20. The van der Waals surface area contributed by atoms with E-state index in [4.69, 9.17) is 10.8 Å². The molecule has 1 atom stereocenters. The Labute approximate surface area is 109 Å². The van der Waals surface area contributed by atoms with Crippen molar-refractivity contribution in [2.45, 2.75) is 13.3 Å². The summed E-state index contributed by atoms with van der Waals surface area (Å²) in [6, 6.07) is 2.77. The van der Waals surface area contributed by atoms with Crippen molar-refractivity contribution in [1.82, 2.24) is 4.98 Å². The molecule has 0 aliphatic carbocycles. The third-order valence-electron chi connectivity index (χ3n) is 3.40. The predicted molar refractivity (Wildman–Crippen MR) is 67.9 cm³/mol. The maximum atomic E-state index is 11.1. The first-order valence-electron chi connectivity index (χ1n) is 5.73. The van der Waals surface area contributed by atoms with E-state index in [-0.39, 0.29) is 11.5 Å². The maximum absolute atomic E-state index is 11.1. The quantitative estimate of drug-likeness (QED) is 0.614. The number of rotatable bonds is 3. The van der Waals surface area contributed by atoms with Crippen molar-refractivity contribution < 1.29 is 14.8 Å². The van der Waals surface area contributed by atoms with Crippen LogP contribution in [0.2, 0.25) is 0 Å². The maximum Gasteiger partial charge on any atom is 0.311 e. The van der Waals surface area contributed by atoms with Gasteiger partial charge in [0.25, 0.3) is 0 Å². The number of pyridine rings is 1. The third kappa shape index (κ3) is 2.28. The molecule has 1 fully saturated rings. The second-order valence-electron chi connectivity index (χ2n) is 4.87. The number of aromatic nitrogens is 1. The van der Waals surface area contributed by atoms with Gasteiger partial charge in [0, 0.05) is 19.2 Å². The smallest absolute Gasteiger partial charge is 0.311 e. The molecule has 102 valence electrons. The number of hydrogen-bond donors (Lipinski definition) is 2. The van der Waals surface area contributed by atoms with Gasteiger partial charge in [-0.15, -0.1) is 0 Å². The van der Waals surface area contributed by atoms with Gasteiger partial charge in [0.1, 0.15) is 5.82 Å². The first-order valence-corrected chi connectivity index (χ1v) is 5.73. The lowest BCUT2D eigenvalue weighted by atomic mass is 9.90. The first-order chi connectivity index (χ1) is 8.83. The van der Waals surface area contributed by atoms with E-state index in [1.165, 1.54) is 12.1 Å². The van der Waals surface area contributed by atoms with Crippen LogP contribution < -0.4 is 10.6 Å². The van der Waals surface area contributed by atoms with Crippen molar-refractivity contribution in [3.05, 3.63) is 22.2 Å². The average molecular weight is 266 g/mol. The van der Waals surface area contributed by atoms with Crippen LogP contribution in [-0.4, -0.2) is 34.1 Å². The zero-order chi connectivity index (χ0) is 14.2. The Balaban J connectivity index is 2.23. The molecule has 1 aliphatic rings. The molecule has 1 aromatic rings. The van der Waals surface area contributed by atoms with E-state index < -0.39 is 16.3 Å². The number of aliphatic carboxylic acids is 1. The molecular formula is C11H14N4O4. The summed E-state index contributed by atoms with van der Waals surface area (Å²) in [4.78, 5) is 26.9. The van der Waals surface area contributed by atoms with Gasteiger partial charge in [-0.2, -0.15) is 0 Å². The number of anilines is 2. The van der Waals surface area contributed by atoms with Gasteiger partial charge in [0.05, 0.1) is 10.3 Å². The molecule has 3 N–H and O–H groups in total. The SMILES string of the molecule is CC1(C(=O)O)CCN(c2ccc([N+](=O)[O-])c(N)n2)C1. The highest BCUT2D eigenvalue weighted by atomic mass is 16.6. The number of nitrogens with zero attached hydrogens (tertiary/aromatic N) is 3. The lowest BCUT2D eigenvalue weighted by molar-refractivity contribution is -0.384. The monoisotopic (exact) mass is 266 g/mol. The van der Waals surface area contributed by atoms with Crippen LogP contribution in [0.25, 0.3) is 0 Å². The Morgan fingerprint density at radius 1 is 1.63 bits per heavy atom. The summed E-state index contributed by atoms with van der Waals surface area (Å²) < 4.78 is 0. The summed E-state index contributed by atoms with van der Waals surface area (Å²) in [5.74, 6) is -0.551. The second kappa shape index (κ2) is 4.38. The summed E-state index contributed by atoms with van der Waals surface area (Å²) in [7, 11) is 0. The second-order valence-corrected chi connectivity index (χ2v) is 4.87. The highest BCUT2D eigenvalue weighted by molar-refractivity contribution is 5.76. The average Bonchev–Trinajstić information content (AvgIpc) is 2.73. The standard InChI is InChI=1S/C11H14N4O4/c1-11(10(16)17)4-5-14(6-11)8-3-2-7(15(18)19)9(12)13-8/h2-3H,4-6H2,1H3,(H2,12,13)(H,16,17). The minimum absolute atomic E-state index is 0.161. The molecule has 8 heteroatoms. The van der Waals surface area contributed by atoms with Crippen LogP contribution in [0.15, 0.2) is 12.1 Å². The summed E-state index contributed by atoms with van der Waals surface area (Å²) in [5.41, 5.74) is 4.45. The van der Waals surface area contributed by atoms with Crippen LogP contribution in [0, 0.1) is 15.5 Å². The molecule has 1 saturated heterocycles. The summed E-state index contributed by atoms with van der Waals surface area (Å²) >= 11 is 0. The first kappa shape index (κ1) is 13.1. The summed E-state index contributed by atoms with van der Waals surface area (Å²) in [5, 5.41) is 19.8. The van der Waals surface area contributed by atoms with Gasteiger partial charge in [-0.05, 0) is 19.4 Å². The number of carboxylic acids is 1. The molecule has 2 heterocycles. The van der Waals surface area contributed by atoms with Crippen LogP contribution in [0.5, 0.6) is 0 Å². The minimum Gasteiger partial charge on any atom is -0.481 e. The molecule has 0 radical (unpaired) electrons. The highest BCUT2D eigenvalue weighted by Gasteiger charge is 2.41. The van der Waals surface area contributed by atoms with Gasteiger partial charge in [-0.1, -0.05) is 0 Å². The van der Waals surface area contributed by atoms with Gasteiger partial charge in [0.15, 0.2) is 0 Å². The van der Waals surface area contributed by atoms with Crippen LogP contribution in [0.4, 0.5) is 17.3 Å². The number of carboxylic acid groups (broad SMARTS) is 1. The topological polar surface area (TPSA) is 123 Å². The Bertz CT molecular complexity index is 547. The van der Waals surface area contributed by atoms with Crippen LogP contribution >= 0.6 is 0 Å². The van der Waals surface area contributed by atoms with E-state index >= 15 is 0 Å². The van der Waals surface area contributed by atoms with Crippen molar-refractivity contribution in [3.63, 3.8) is 0 Å². The zero-order valence-electron chi connectivity index (χ0n) is 10.4. The van der Waals surface area contributed by atoms with Crippen LogP contribution in [0.1, 0.15) is 13.3 Å². The van der Waals surface area contributed by atoms with E-state index in [0.29, 0.717) is 25.3 Å². The molecule has 2 rings (SSSR count). The number of nitro groups is 1. The fraction of sp³-hybridized carbons (Fsp3) is 0.455. The number of carbonyl (C=O) groups is 1. The van der Waals surface area contributed by atoms with Crippen molar-refractivity contribution in [3.8, 4) is 0 Å². The molecule has 8 nitrogen and oxygen atoms in total. The molecule has 0 spiro atoms. The van der Waals surface area contributed by atoms with Gasteiger partial charge >= 0.3 is 11.7 Å². The van der Waals surface area contributed by atoms with Crippen molar-refractivity contribution in [1.29, 1.82) is 0 Å². The number of hydrogen-bond acceptors (Lipinski definition) is 6. The number of nitrogens with two attached hydrogens (primary N) is 1. The Hall–Kier alpha value is -2.38. The van der Waals surface area contributed by atoms with Crippen molar-refractivity contribution >= 4 is 23.3 Å². The molecule has 1 aliphatic heterocycles. The van der Waals surface area contributed by atoms with E-state index in [2.05, 4.69) is 4.98 Å². The highest BCUT2D eigenvalue weighted by Crippen LogP contribution is 2.33. The van der Waals surface area contributed by atoms with E-state index in [1.807, 2.05) is 0 Å². The zero-order valence-corrected chi connectivity index (χ0v) is 10.4. The Kier molecular flexibility index (Phi) is 3.01. The largest absolute Gasteiger partial charge is 0.481 e. The minimum atomic E-state index is -0.857. The Morgan fingerprint density at radius 2 is 2.32 bits per heavy atom. The number of nitrogen functional groups attached to an aromatic ring is 1. The molecule has 0 aromatic carbocycles. The predicted octanol–water partition coefficient (Wildman–Crippen LogP) is 0.873. The third-order valence-corrected chi connectivity index (χ3v) is 3.40. The molecule has 0 bridgehead atoms. The van der Waals surface area contributed by atoms with E-state index in [1.54, 1.807) is 11.8 Å². The van der Waals surface area contributed by atoms with Gasteiger partial charge in [-0.25, -0.2) is 4.98 Å². The molecule has 1 unspecified atom stereocenters. The summed E-state index contributed by atoms with van der Waals surface area (Å²) in [6.45, 7) is 2.52. The lowest BCUT2D eigenvalue weighted by Crippen LogP contribution is -2.32. The molecule has 19 heavy (non-hydrogen) atoms. The molecule has 1 aromatic heterocycles. The van der Waals surface area contributed by atoms with Gasteiger partial charge < -0.3 is 15.7 Å². The van der Waals surface area contributed by atoms with E-state index in [9.17, 15) is 14.9 Å². The van der Waals surface area contributed by atoms with Crippen molar-refractivity contribution in [2.75, 3.05) is 23.7 Å². The normalized spacial score (nSPS) is 22.5. The van der Waals surface area contributed by atoms with Gasteiger partial charge in [0.2, 0.25) is 5.82 Å². The molecule has 0 amide bonds. The van der Waals surface area contributed by atoms with E-state index in [0.717, 1.165) is 0 Å². The Morgan fingerprint density at radius 3 is 2.79 bits per heavy atom. The molecule has 0 saturated carbocycles. The van der Waals surface area contributed by atoms with Crippen molar-refractivity contribution in [2.24, 2.45) is 5.41 Å². The summed E-state index contributed by atoms with van der Waals surface area (Å²) in [6.07, 6.45) is 0.501. The fourth-order valence-corrected chi connectivity index (χ4v) is 2.12. The van der Waals surface area contributed by atoms with Gasteiger partial charge in [-0.3, -0.25) is 14.9 Å². The molecular weight excluding hydrogens is 252 g/mol. The fourth-order valence-electron chi connectivity index (χ4n) is 2.12. The van der Waals surface area contributed by atoms with Crippen LogP contribution in [-0.2, 0) is 4.79 Å². The van der Waals surface area contributed by atoms with Crippen LogP contribution in [0.3, 0.4) is 0 Å².